The zero-order chi connectivity index (χ0) is 14.0. The van der Waals surface area contributed by atoms with Gasteiger partial charge in [-0.3, -0.25) is 4.79 Å². The number of hydrogen-bond donors (Lipinski definition) is 0. The van der Waals surface area contributed by atoms with Gasteiger partial charge >= 0.3 is 0 Å². The molecule has 0 atom stereocenters. The van der Waals surface area contributed by atoms with Crippen LogP contribution in [0, 0.1) is 13.8 Å². The average Bonchev–Trinajstić information content (AvgIpc) is 2.40. The van der Waals surface area contributed by atoms with Crippen molar-refractivity contribution in [1.82, 2.24) is 0 Å². The highest BCUT2D eigenvalue weighted by molar-refractivity contribution is 9.10. The van der Waals surface area contributed by atoms with Crippen LogP contribution in [0.25, 0.3) is 0 Å². The SMILES string of the molecule is COc1ccc(C(=O)c2cc(Br)ccc2C)cc1C. The molecule has 0 unspecified atom stereocenters. The zero-order valence-corrected chi connectivity index (χ0v) is 12.7. The van der Waals surface area contributed by atoms with Gasteiger partial charge < -0.3 is 4.74 Å². The summed E-state index contributed by atoms with van der Waals surface area (Å²) in [7, 11) is 1.63. The van der Waals surface area contributed by atoms with Crippen LogP contribution in [0.1, 0.15) is 27.0 Å². The Morgan fingerprint density at radius 2 is 1.79 bits per heavy atom. The summed E-state index contributed by atoms with van der Waals surface area (Å²) in [5.74, 6) is 0.826. The van der Waals surface area contributed by atoms with Crippen molar-refractivity contribution in [2.24, 2.45) is 0 Å². The van der Waals surface area contributed by atoms with Crippen LogP contribution in [0.15, 0.2) is 40.9 Å². The first-order valence-corrected chi connectivity index (χ1v) is 6.77. The van der Waals surface area contributed by atoms with Gasteiger partial charge in [0, 0.05) is 15.6 Å². The molecule has 0 aliphatic heterocycles. The van der Waals surface area contributed by atoms with Gasteiger partial charge in [-0.05, 0) is 55.3 Å². The predicted molar refractivity (Wildman–Crippen MR) is 80.0 cm³/mol. The number of carbonyl (C=O) groups excluding carboxylic acids is 1. The summed E-state index contributed by atoms with van der Waals surface area (Å²) in [4.78, 5) is 12.5. The number of ketones is 1. The minimum atomic E-state index is 0.0320. The van der Waals surface area contributed by atoms with Crippen molar-refractivity contribution in [3.05, 3.63) is 63.1 Å². The Bertz CT molecular complexity index is 633. The Kier molecular flexibility index (Phi) is 4.05. The molecular weight excluding hydrogens is 304 g/mol. The first-order chi connectivity index (χ1) is 9.02. The minimum Gasteiger partial charge on any atom is -0.496 e. The maximum Gasteiger partial charge on any atom is 0.193 e. The molecule has 0 N–H and O–H groups in total. The smallest absolute Gasteiger partial charge is 0.193 e. The number of halogens is 1. The molecule has 0 heterocycles. The number of hydrogen-bond acceptors (Lipinski definition) is 2. The highest BCUT2D eigenvalue weighted by Crippen LogP contribution is 2.23. The van der Waals surface area contributed by atoms with Gasteiger partial charge in [0.1, 0.15) is 5.75 Å². The van der Waals surface area contributed by atoms with E-state index in [2.05, 4.69) is 15.9 Å². The molecule has 0 saturated carbocycles. The molecule has 0 spiro atoms. The van der Waals surface area contributed by atoms with E-state index in [0.29, 0.717) is 5.56 Å². The lowest BCUT2D eigenvalue weighted by atomic mass is 9.98. The number of methoxy groups -OCH3 is 1. The molecule has 2 aromatic carbocycles. The molecule has 3 heteroatoms. The molecular formula is C16H15BrO2. The van der Waals surface area contributed by atoms with Gasteiger partial charge in [-0.15, -0.1) is 0 Å². The highest BCUT2D eigenvalue weighted by Gasteiger charge is 2.13. The third-order valence-electron chi connectivity index (χ3n) is 3.10. The van der Waals surface area contributed by atoms with Crippen LogP contribution < -0.4 is 4.74 Å². The summed E-state index contributed by atoms with van der Waals surface area (Å²) in [6.45, 7) is 3.87. The minimum absolute atomic E-state index is 0.0320. The lowest BCUT2D eigenvalue weighted by molar-refractivity contribution is 0.103. The third-order valence-corrected chi connectivity index (χ3v) is 3.59. The Balaban J connectivity index is 2.44. The van der Waals surface area contributed by atoms with Gasteiger partial charge in [0.25, 0.3) is 0 Å². The standard InChI is InChI=1S/C16H15BrO2/c1-10-4-6-13(17)9-14(10)16(18)12-5-7-15(19-3)11(2)8-12/h4-9H,1-3H3. The number of benzene rings is 2. The molecule has 0 aliphatic rings. The summed E-state index contributed by atoms with van der Waals surface area (Å²) in [6, 6.07) is 11.2. The van der Waals surface area contributed by atoms with Crippen molar-refractivity contribution < 1.29 is 9.53 Å². The van der Waals surface area contributed by atoms with Crippen molar-refractivity contribution in [2.75, 3.05) is 7.11 Å². The normalized spacial score (nSPS) is 10.3. The van der Waals surface area contributed by atoms with E-state index in [0.717, 1.165) is 26.9 Å². The molecule has 0 aromatic heterocycles. The molecule has 2 nitrogen and oxygen atoms in total. The molecule has 0 saturated heterocycles. The molecule has 0 amide bonds. The lowest BCUT2D eigenvalue weighted by Gasteiger charge is -2.09. The van der Waals surface area contributed by atoms with Crippen LogP contribution in [-0.4, -0.2) is 12.9 Å². The van der Waals surface area contributed by atoms with Crippen LogP contribution in [-0.2, 0) is 0 Å². The van der Waals surface area contributed by atoms with Crippen molar-refractivity contribution in [3.8, 4) is 5.75 Å². The Labute approximate surface area is 121 Å². The molecule has 0 aliphatic carbocycles. The summed E-state index contributed by atoms with van der Waals surface area (Å²) >= 11 is 3.40. The monoisotopic (exact) mass is 318 g/mol. The summed E-state index contributed by atoms with van der Waals surface area (Å²) in [5.41, 5.74) is 3.33. The van der Waals surface area contributed by atoms with Gasteiger partial charge in [-0.1, -0.05) is 22.0 Å². The van der Waals surface area contributed by atoms with E-state index in [9.17, 15) is 4.79 Å². The first-order valence-electron chi connectivity index (χ1n) is 5.98. The van der Waals surface area contributed by atoms with Crippen LogP contribution in [0.3, 0.4) is 0 Å². The molecule has 2 aromatic rings. The van der Waals surface area contributed by atoms with Crippen LogP contribution >= 0.6 is 15.9 Å². The second-order valence-electron chi connectivity index (χ2n) is 4.47. The topological polar surface area (TPSA) is 26.3 Å². The van der Waals surface area contributed by atoms with Gasteiger partial charge in [-0.25, -0.2) is 0 Å². The quantitative estimate of drug-likeness (QED) is 0.788. The van der Waals surface area contributed by atoms with E-state index in [1.165, 1.54) is 0 Å². The van der Waals surface area contributed by atoms with E-state index in [1.807, 2.05) is 44.2 Å². The van der Waals surface area contributed by atoms with Gasteiger partial charge in [-0.2, -0.15) is 0 Å². The van der Waals surface area contributed by atoms with Crippen LogP contribution in [0.2, 0.25) is 0 Å². The second-order valence-corrected chi connectivity index (χ2v) is 5.39. The van der Waals surface area contributed by atoms with Gasteiger partial charge in [0.05, 0.1) is 7.11 Å². The number of carbonyl (C=O) groups is 1. The van der Waals surface area contributed by atoms with E-state index in [4.69, 9.17) is 4.74 Å². The van der Waals surface area contributed by atoms with E-state index >= 15 is 0 Å². The fourth-order valence-electron chi connectivity index (χ4n) is 2.01. The number of aryl methyl sites for hydroxylation is 2. The summed E-state index contributed by atoms with van der Waals surface area (Å²) in [5, 5.41) is 0. The van der Waals surface area contributed by atoms with E-state index in [1.54, 1.807) is 13.2 Å². The highest BCUT2D eigenvalue weighted by atomic mass is 79.9. The number of rotatable bonds is 3. The fourth-order valence-corrected chi connectivity index (χ4v) is 2.38. The van der Waals surface area contributed by atoms with E-state index < -0.39 is 0 Å². The van der Waals surface area contributed by atoms with Crippen molar-refractivity contribution in [2.45, 2.75) is 13.8 Å². The van der Waals surface area contributed by atoms with E-state index in [-0.39, 0.29) is 5.78 Å². The molecule has 2 rings (SSSR count). The van der Waals surface area contributed by atoms with Crippen LogP contribution in [0.5, 0.6) is 5.75 Å². The summed E-state index contributed by atoms with van der Waals surface area (Å²) < 4.78 is 6.12. The van der Waals surface area contributed by atoms with Crippen molar-refractivity contribution >= 4 is 21.7 Å². The van der Waals surface area contributed by atoms with Gasteiger partial charge in [0.15, 0.2) is 5.78 Å². The predicted octanol–water partition coefficient (Wildman–Crippen LogP) is 4.31. The second kappa shape index (κ2) is 5.57. The maximum atomic E-state index is 12.5. The molecule has 19 heavy (non-hydrogen) atoms. The Morgan fingerprint density at radius 3 is 2.42 bits per heavy atom. The number of ether oxygens (including phenoxy) is 1. The van der Waals surface area contributed by atoms with Crippen LogP contribution in [0.4, 0.5) is 0 Å². The van der Waals surface area contributed by atoms with Crippen molar-refractivity contribution in [3.63, 3.8) is 0 Å². The zero-order valence-electron chi connectivity index (χ0n) is 11.2. The third kappa shape index (κ3) is 2.87. The maximum absolute atomic E-state index is 12.5. The van der Waals surface area contributed by atoms with Gasteiger partial charge in [0.2, 0.25) is 0 Å². The largest absolute Gasteiger partial charge is 0.496 e. The average molecular weight is 319 g/mol. The fraction of sp³-hybridized carbons (Fsp3) is 0.188. The van der Waals surface area contributed by atoms with Crippen molar-refractivity contribution in [1.29, 1.82) is 0 Å². The lowest BCUT2D eigenvalue weighted by Crippen LogP contribution is -2.04. The Hall–Kier alpha value is -1.61. The molecule has 0 bridgehead atoms. The molecule has 0 fully saturated rings. The summed E-state index contributed by atoms with van der Waals surface area (Å²) in [6.07, 6.45) is 0. The first kappa shape index (κ1) is 13.8. The molecule has 98 valence electrons. The molecule has 0 radical (unpaired) electrons. The Morgan fingerprint density at radius 1 is 1.05 bits per heavy atom.